The number of rotatable bonds is 73. The Labute approximate surface area is 580 Å². The van der Waals surface area contributed by atoms with Crippen molar-refractivity contribution in [1.82, 2.24) is 5.32 Å². The van der Waals surface area contributed by atoms with E-state index in [4.69, 9.17) is 14.2 Å². The van der Waals surface area contributed by atoms with Gasteiger partial charge in [0, 0.05) is 12.8 Å². The van der Waals surface area contributed by atoms with Crippen LogP contribution in [0.5, 0.6) is 0 Å². The smallest absolute Gasteiger partial charge is 0.305 e. The Morgan fingerprint density at radius 1 is 0.394 bits per heavy atom. The lowest BCUT2D eigenvalue weighted by molar-refractivity contribution is -0.302. The van der Waals surface area contributed by atoms with Crippen molar-refractivity contribution in [3.05, 3.63) is 48.6 Å². The van der Waals surface area contributed by atoms with Gasteiger partial charge in [0.25, 0.3) is 0 Å². The molecule has 6 N–H and O–H groups in total. The van der Waals surface area contributed by atoms with Crippen LogP contribution in [0.3, 0.4) is 0 Å². The predicted molar refractivity (Wildman–Crippen MR) is 398 cm³/mol. The predicted octanol–water partition coefficient (Wildman–Crippen LogP) is 22.3. The van der Waals surface area contributed by atoms with E-state index < -0.39 is 49.5 Å². The molecule has 94 heavy (non-hydrogen) atoms. The maximum atomic E-state index is 13.1. The molecule has 1 rings (SSSR count). The molecule has 1 saturated heterocycles. The number of carbonyl (C=O) groups is 2. The van der Waals surface area contributed by atoms with E-state index in [-0.39, 0.29) is 18.5 Å². The molecular formula is C83H155NO10. The Kier molecular flexibility index (Phi) is 68.5. The van der Waals surface area contributed by atoms with Crippen LogP contribution in [-0.4, -0.2) is 100 Å². The highest BCUT2D eigenvalue weighted by atomic mass is 16.7. The molecule has 0 spiro atoms. The Hall–Kier alpha value is -2.38. The molecule has 1 aliphatic rings. The number of carbonyl (C=O) groups excluding carboxylic acids is 2. The van der Waals surface area contributed by atoms with Crippen LogP contribution in [0.15, 0.2) is 48.6 Å². The zero-order valence-electron chi connectivity index (χ0n) is 61.7. The van der Waals surface area contributed by atoms with E-state index in [9.17, 15) is 35.1 Å². The summed E-state index contributed by atoms with van der Waals surface area (Å²) in [6.45, 7) is 4.37. The summed E-state index contributed by atoms with van der Waals surface area (Å²) in [5.74, 6) is -0.171. The fraction of sp³-hybridized carbons (Fsp3) is 0.880. The molecular weight excluding hydrogens is 1170 g/mol. The van der Waals surface area contributed by atoms with E-state index >= 15 is 0 Å². The summed E-state index contributed by atoms with van der Waals surface area (Å²) in [7, 11) is 0. The van der Waals surface area contributed by atoms with E-state index in [1.54, 1.807) is 6.08 Å². The van der Waals surface area contributed by atoms with Gasteiger partial charge in [-0.2, -0.15) is 0 Å². The number of nitrogens with one attached hydrogen (secondary N) is 1. The molecule has 1 aliphatic heterocycles. The molecule has 7 unspecified atom stereocenters. The Morgan fingerprint density at radius 3 is 1.11 bits per heavy atom. The lowest BCUT2D eigenvalue weighted by atomic mass is 9.99. The third-order valence-electron chi connectivity index (χ3n) is 19.4. The summed E-state index contributed by atoms with van der Waals surface area (Å²) < 4.78 is 16.8. The van der Waals surface area contributed by atoms with E-state index in [2.05, 4.69) is 55.6 Å². The van der Waals surface area contributed by atoms with Crippen molar-refractivity contribution in [3.8, 4) is 0 Å². The number of ether oxygens (including phenoxy) is 3. The fourth-order valence-electron chi connectivity index (χ4n) is 13.0. The molecule has 11 nitrogen and oxygen atoms in total. The number of unbranched alkanes of at least 4 members (excludes halogenated alkanes) is 53. The van der Waals surface area contributed by atoms with Crippen molar-refractivity contribution in [2.24, 2.45) is 0 Å². The number of hydrogen-bond donors (Lipinski definition) is 6. The van der Waals surface area contributed by atoms with Gasteiger partial charge in [0.05, 0.1) is 32.0 Å². The van der Waals surface area contributed by atoms with Crippen molar-refractivity contribution in [2.45, 2.75) is 448 Å². The Morgan fingerprint density at radius 2 is 0.713 bits per heavy atom. The van der Waals surface area contributed by atoms with Crippen molar-refractivity contribution >= 4 is 11.9 Å². The minimum atomic E-state index is -1.57. The molecule has 1 heterocycles. The standard InChI is InChI=1S/C83H155NO10/c1-3-5-7-9-11-13-15-17-43-46-49-53-57-61-65-69-76(86)75(74-93-83-82(91)81(90)80(89)77(73-85)94-83)84-78(87)70-66-62-58-54-50-47-44-41-39-37-35-33-31-29-27-25-23-21-19-18-20-22-24-26-28-30-32-34-36-38-40-42-45-48-52-56-60-64-68-72-92-79(88)71-67-63-59-55-51-16-14-12-10-8-6-4-2/h12,14,18-19,22,24,65,69,75-77,80-83,85-86,89-91H,3-11,13,15-17,20-21,23,25-64,66-68,70-74H2,1-2H3,(H,84,87)/b14-12-,19-18-,24-22-,69-65+. The third kappa shape index (κ3) is 59.7. The number of amides is 1. The van der Waals surface area contributed by atoms with Crippen LogP contribution in [0.1, 0.15) is 406 Å². The molecule has 0 bridgehead atoms. The first-order valence-electron chi connectivity index (χ1n) is 40.9. The second-order valence-electron chi connectivity index (χ2n) is 28.5. The second-order valence-corrected chi connectivity index (χ2v) is 28.5. The van der Waals surface area contributed by atoms with Crippen molar-refractivity contribution in [2.75, 3.05) is 19.8 Å². The summed E-state index contributed by atoms with van der Waals surface area (Å²) in [4.78, 5) is 25.2. The molecule has 0 aromatic rings. The molecule has 552 valence electrons. The Bertz CT molecular complexity index is 1700. The quantitative estimate of drug-likeness (QED) is 0.0195. The number of aliphatic hydroxyl groups excluding tert-OH is 5. The van der Waals surface area contributed by atoms with Gasteiger partial charge < -0.3 is 45.1 Å². The number of aliphatic hydroxyl groups is 5. The maximum Gasteiger partial charge on any atom is 0.305 e. The second kappa shape index (κ2) is 71.9. The van der Waals surface area contributed by atoms with E-state index in [0.29, 0.717) is 19.4 Å². The van der Waals surface area contributed by atoms with Crippen molar-refractivity contribution in [1.29, 1.82) is 0 Å². The van der Waals surface area contributed by atoms with Gasteiger partial charge in [-0.15, -0.1) is 0 Å². The van der Waals surface area contributed by atoms with Crippen LogP contribution in [0.2, 0.25) is 0 Å². The van der Waals surface area contributed by atoms with E-state index in [1.165, 1.54) is 315 Å². The normalized spacial score (nSPS) is 17.6. The highest BCUT2D eigenvalue weighted by Crippen LogP contribution is 2.24. The highest BCUT2D eigenvalue weighted by Gasteiger charge is 2.44. The van der Waals surface area contributed by atoms with E-state index in [1.807, 2.05) is 6.08 Å². The molecule has 0 aliphatic carbocycles. The minimum absolute atomic E-state index is 0.00480. The van der Waals surface area contributed by atoms with Gasteiger partial charge in [-0.05, 0) is 89.9 Å². The summed E-state index contributed by atoms with van der Waals surface area (Å²) in [6, 6.07) is -0.809. The maximum absolute atomic E-state index is 13.1. The largest absolute Gasteiger partial charge is 0.466 e. The van der Waals surface area contributed by atoms with Gasteiger partial charge in [-0.3, -0.25) is 9.59 Å². The van der Waals surface area contributed by atoms with Crippen LogP contribution in [0.25, 0.3) is 0 Å². The summed E-state index contributed by atoms with van der Waals surface area (Å²) >= 11 is 0. The van der Waals surface area contributed by atoms with E-state index in [0.717, 1.165) is 64.2 Å². The monoisotopic (exact) mass is 1330 g/mol. The topological polar surface area (TPSA) is 175 Å². The SMILES string of the molecule is CCCCC/C=C\CCCCCCCC(=O)OCCCCCCCCCCCCCCCCC/C=C\C/C=C\CCCCCCCCCCCCCCCCCCCC(=O)NC(COC1OC(CO)C(O)C(O)C1O)C(O)/C=C/CCCCCCCCCCCCCCC. The molecule has 0 aromatic carbocycles. The molecule has 7 atom stereocenters. The van der Waals surface area contributed by atoms with Crippen LogP contribution in [0.4, 0.5) is 0 Å². The Balaban J connectivity index is 1.92. The first kappa shape index (κ1) is 89.6. The number of allylic oxidation sites excluding steroid dienone is 7. The van der Waals surface area contributed by atoms with Gasteiger partial charge in [0.1, 0.15) is 24.4 Å². The lowest BCUT2D eigenvalue weighted by Crippen LogP contribution is -2.60. The number of hydrogen-bond acceptors (Lipinski definition) is 10. The molecule has 0 saturated carbocycles. The van der Waals surface area contributed by atoms with Crippen LogP contribution in [-0.2, 0) is 23.8 Å². The summed E-state index contributed by atoms with van der Waals surface area (Å²) in [5.41, 5.74) is 0. The summed E-state index contributed by atoms with van der Waals surface area (Å²) in [6.07, 6.45) is 85.7. The highest BCUT2D eigenvalue weighted by molar-refractivity contribution is 5.76. The minimum Gasteiger partial charge on any atom is -0.466 e. The van der Waals surface area contributed by atoms with Crippen molar-refractivity contribution < 1.29 is 49.3 Å². The van der Waals surface area contributed by atoms with Gasteiger partial charge >= 0.3 is 5.97 Å². The molecule has 0 radical (unpaired) electrons. The van der Waals surface area contributed by atoms with Gasteiger partial charge in [-0.25, -0.2) is 0 Å². The first-order valence-corrected chi connectivity index (χ1v) is 40.9. The molecule has 1 fully saturated rings. The van der Waals surface area contributed by atoms with Gasteiger partial charge in [0.2, 0.25) is 5.91 Å². The zero-order valence-corrected chi connectivity index (χ0v) is 61.7. The van der Waals surface area contributed by atoms with Crippen LogP contribution >= 0.6 is 0 Å². The zero-order chi connectivity index (χ0) is 67.9. The molecule has 0 aromatic heterocycles. The third-order valence-corrected chi connectivity index (χ3v) is 19.4. The average molecular weight is 1330 g/mol. The average Bonchev–Trinajstić information content (AvgIpc) is 0.856. The fourth-order valence-corrected chi connectivity index (χ4v) is 13.0. The van der Waals surface area contributed by atoms with Crippen LogP contribution < -0.4 is 5.32 Å². The first-order chi connectivity index (χ1) is 46.2. The number of esters is 1. The molecule has 11 heteroatoms. The van der Waals surface area contributed by atoms with Gasteiger partial charge in [0.15, 0.2) is 6.29 Å². The van der Waals surface area contributed by atoms with Gasteiger partial charge in [-0.1, -0.05) is 351 Å². The lowest BCUT2D eigenvalue weighted by Gasteiger charge is -2.40. The molecule has 1 amide bonds. The van der Waals surface area contributed by atoms with Crippen LogP contribution in [0, 0.1) is 0 Å². The summed E-state index contributed by atoms with van der Waals surface area (Å²) in [5, 5.41) is 54.7. The van der Waals surface area contributed by atoms with Crippen molar-refractivity contribution in [3.63, 3.8) is 0 Å².